The number of nitrogens with zero attached hydrogens (tertiary/aromatic N) is 4. The number of para-hydroxylation sites is 1. The Kier molecular flexibility index (Phi) is 5.14. The topological polar surface area (TPSA) is 70.5 Å². The minimum atomic E-state index is -0.0848. The second kappa shape index (κ2) is 7.48. The van der Waals surface area contributed by atoms with E-state index in [1.807, 2.05) is 35.4 Å². The molecule has 1 aromatic heterocycles. The SMILES string of the molecule is CC(=O)NCc1cnn(-c2ccccc2C(=O)N2CCN(C)CC2)c1. The summed E-state index contributed by atoms with van der Waals surface area (Å²) in [7, 11) is 2.07. The number of nitrogens with one attached hydrogen (secondary N) is 1. The second-order valence-electron chi connectivity index (χ2n) is 6.32. The third-order valence-corrected chi connectivity index (χ3v) is 4.35. The fraction of sp³-hybridized carbons (Fsp3) is 0.389. The van der Waals surface area contributed by atoms with Crippen LogP contribution in [0.15, 0.2) is 36.7 Å². The van der Waals surface area contributed by atoms with Crippen LogP contribution in [0, 0.1) is 0 Å². The fourth-order valence-corrected chi connectivity index (χ4v) is 2.84. The van der Waals surface area contributed by atoms with Crippen molar-refractivity contribution in [3.63, 3.8) is 0 Å². The summed E-state index contributed by atoms with van der Waals surface area (Å²) >= 11 is 0. The van der Waals surface area contributed by atoms with Gasteiger partial charge >= 0.3 is 0 Å². The average molecular weight is 341 g/mol. The van der Waals surface area contributed by atoms with Gasteiger partial charge in [-0.1, -0.05) is 12.1 Å². The van der Waals surface area contributed by atoms with Crippen molar-refractivity contribution < 1.29 is 9.59 Å². The van der Waals surface area contributed by atoms with Crippen molar-refractivity contribution in [2.45, 2.75) is 13.5 Å². The minimum absolute atomic E-state index is 0.0302. The Hall–Kier alpha value is -2.67. The van der Waals surface area contributed by atoms with Gasteiger partial charge in [0.2, 0.25) is 5.91 Å². The Morgan fingerprint density at radius 2 is 1.88 bits per heavy atom. The summed E-state index contributed by atoms with van der Waals surface area (Å²) in [5, 5.41) is 7.10. The maximum absolute atomic E-state index is 12.9. The lowest BCUT2D eigenvalue weighted by Crippen LogP contribution is -2.47. The van der Waals surface area contributed by atoms with E-state index in [-0.39, 0.29) is 11.8 Å². The van der Waals surface area contributed by atoms with Crippen LogP contribution >= 0.6 is 0 Å². The first kappa shape index (κ1) is 17.2. The lowest BCUT2D eigenvalue weighted by molar-refractivity contribution is -0.119. The summed E-state index contributed by atoms with van der Waals surface area (Å²) in [5.74, 6) is -0.0546. The Balaban J connectivity index is 1.81. The minimum Gasteiger partial charge on any atom is -0.352 e. The van der Waals surface area contributed by atoms with Gasteiger partial charge in [-0.05, 0) is 19.2 Å². The summed E-state index contributed by atoms with van der Waals surface area (Å²) in [6, 6.07) is 7.49. The van der Waals surface area contributed by atoms with E-state index in [9.17, 15) is 9.59 Å². The Morgan fingerprint density at radius 3 is 2.60 bits per heavy atom. The number of carbonyl (C=O) groups is 2. The molecule has 0 radical (unpaired) electrons. The zero-order valence-electron chi connectivity index (χ0n) is 14.6. The molecule has 2 heterocycles. The predicted molar refractivity (Wildman–Crippen MR) is 94.5 cm³/mol. The summed E-state index contributed by atoms with van der Waals surface area (Å²) < 4.78 is 1.69. The van der Waals surface area contributed by atoms with E-state index in [2.05, 4.69) is 22.4 Å². The molecule has 132 valence electrons. The molecule has 1 N–H and O–H groups in total. The average Bonchev–Trinajstić information content (AvgIpc) is 3.09. The van der Waals surface area contributed by atoms with Crippen LogP contribution in [0.4, 0.5) is 0 Å². The molecule has 7 heteroatoms. The molecule has 3 rings (SSSR count). The zero-order chi connectivity index (χ0) is 17.8. The van der Waals surface area contributed by atoms with Gasteiger partial charge in [-0.3, -0.25) is 9.59 Å². The van der Waals surface area contributed by atoms with Crippen molar-refractivity contribution in [1.82, 2.24) is 24.9 Å². The van der Waals surface area contributed by atoms with Crippen molar-refractivity contribution in [2.24, 2.45) is 0 Å². The van der Waals surface area contributed by atoms with E-state index in [0.29, 0.717) is 12.1 Å². The van der Waals surface area contributed by atoms with Gasteiger partial charge in [-0.25, -0.2) is 4.68 Å². The van der Waals surface area contributed by atoms with Crippen molar-refractivity contribution in [3.05, 3.63) is 47.8 Å². The Bertz CT molecular complexity index is 762. The first-order valence-corrected chi connectivity index (χ1v) is 8.40. The van der Waals surface area contributed by atoms with Crippen LogP contribution in [-0.2, 0) is 11.3 Å². The molecule has 1 aliphatic rings. The third kappa shape index (κ3) is 4.06. The van der Waals surface area contributed by atoms with Gasteiger partial charge in [-0.15, -0.1) is 0 Å². The van der Waals surface area contributed by atoms with E-state index >= 15 is 0 Å². The van der Waals surface area contributed by atoms with E-state index < -0.39 is 0 Å². The standard InChI is InChI=1S/C18H23N5O2/c1-14(24)19-11-15-12-20-23(13-15)17-6-4-3-5-16(17)18(25)22-9-7-21(2)8-10-22/h3-6,12-13H,7-11H2,1-2H3,(H,19,24). The molecule has 0 atom stereocenters. The maximum atomic E-state index is 12.9. The van der Waals surface area contributed by atoms with E-state index in [1.165, 1.54) is 6.92 Å². The van der Waals surface area contributed by atoms with Gasteiger partial charge in [0.15, 0.2) is 0 Å². The van der Waals surface area contributed by atoms with Crippen molar-refractivity contribution in [2.75, 3.05) is 33.2 Å². The number of likely N-dealkylation sites (N-methyl/N-ethyl adjacent to an activating group) is 1. The van der Waals surface area contributed by atoms with E-state index in [4.69, 9.17) is 0 Å². The van der Waals surface area contributed by atoms with Crippen LogP contribution in [0.5, 0.6) is 0 Å². The molecule has 1 aromatic carbocycles. The molecule has 1 saturated heterocycles. The number of benzene rings is 1. The van der Waals surface area contributed by atoms with Crippen molar-refractivity contribution in [3.8, 4) is 5.69 Å². The van der Waals surface area contributed by atoms with Crippen LogP contribution < -0.4 is 5.32 Å². The second-order valence-corrected chi connectivity index (χ2v) is 6.32. The summed E-state index contributed by atoms with van der Waals surface area (Å²) in [4.78, 5) is 28.1. The molecule has 0 bridgehead atoms. The molecular formula is C18H23N5O2. The van der Waals surface area contributed by atoms with Gasteiger partial charge in [0, 0.05) is 51.4 Å². The molecular weight excluding hydrogens is 318 g/mol. The van der Waals surface area contributed by atoms with Gasteiger partial charge in [0.05, 0.1) is 17.4 Å². The highest BCUT2D eigenvalue weighted by Gasteiger charge is 2.23. The highest BCUT2D eigenvalue weighted by Crippen LogP contribution is 2.17. The molecule has 2 aromatic rings. The quantitative estimate of drug-likeness (QED) is 0.897. The smallest absolute Gasteiger partial charge is 0.256 e. The number of piperazine rings is 1. The van der Waals surface area contributed by atoms with Crippen molar-refractivity contribution in [1.29, 1.82) is 0 Å². The van der Waals surface area contributed by atoms with E-state index in [0.717, 1.165) is 37.4 Å². The highest BCUT2D eigenvalue weighted by atomic mass is 16.2. The number of rotatable bonds is 4. The lowest BCUT2D eigenvalue weighted by Gasteiger charge is -2.32. The molecule has 0 spiro atoms. The van der Waals surface area contributed by atoms with Gasteiger partial charge in [0.25, 0.3) is 5.91 Å². The zero-order valence-corrected chi connectivity index (χ0v) is 14.6. The lowest BCUT2D eigenvalue weighted by atomic mass is 10.1. The molecule has 7 nitrogen and oxygen atoms in total. The normalized spacial score (nSPS) is 15.2. The van der Waals surface area contributed by atoms with Crippen LogP contribution in [-0.4, -0.2) is 64.6 Å². The third-order valence-electron chi connectivity index (χ3n) is 4.35. The number of amides is 2. The molecule has 25 heavy (non-hydrogen) atoms. The summed E-state index contributed by atoms with van der Waals surface area (Å²) in [5.41, 5.74) is 2.28. The monoisotopic (exact) mass is 341 g/mol. The number of aromatic nitrogens is 2. The Morgan fingerprint density at radius 1 is 1.16 bits per heavy atom. The van der Waals surface area contributed by atoms with Gasteiger partial charge < -0.3 is 15.1 Å². The summed E-state index contributed by atoms with van der Waals surface area (Å²) in [6.07, 6.45) is 3.54. The maximum Gasteiger partial charge on any atom is 0.256 e. The van der Waals surface area contributed by atoms with Crippen LogP contribution in [0.1, 0.15) is 22.8 Å². The predicted octanol–water partition coefficient (Wildman–Crippen LogP) is 0.896. The van der Waals surface area contributed by atoms with Crippen molar-refractivity contribution >= 4 is 11.8 Å². The molecule has 0 saturated carbocycles. The van der Waals surface area contributed by atoms with Crippen LogP contribution in [0.2, 0.25) is 0 Å². The Labute approximate surface area is 147 Å². The fourth-order valence-electron chi connectivity index (χ4n) is 2.84. The van der Waals surface area contributed by atoms with E-state index in [1.54, 1.807) is 10.9 Å². The first-order valence-electron chi connectivity index (χ1n) is 8.40. The van der Waals surface area contributed by atoms with Gasteiger partial charge in [0.1, 0.15) is 0 Å². The van der Waals surface area contributed by atoms with Gasteiger partial charge in [-0.2, -0.15) is 5.10 Å². The molecule has 1 fully saturated rings. The first-order chi connectivity index (χ1) is 12.0. The number of carbonyl (C=O) groups excluding carboxylic acids is 2. The largest absolute Gasteiger partial charge is 0.352 e. The highest BCUT2D eigenvalue weighted by molar-refractivity contribution is 5.97. The van der Waals surface area contributed by atoms with Crippen LogP contribution in [0.3, 0.4) is 0 Å². The number of hydrogen-bond acceptors (Lipinski definition) is 4. The summed E-state index contributed by atoms with van der Waals surface area (Å²) in [6.45, 7) is 5.14. The molecule has 2 amide bonds. The molecule has 0 aliphatic carbocycles. The molecule has 1 aliphatic heterocycles. The number of hydrogen-bond donors (Lipinski definition) is 1. The molecule has 0 unspecified atom stereocenters. The van der Waals surface area contributed by atoms with Crippen LogP contribution in [0.25, 0.3) is 5.69 Å².